The van der Waals surface area contributed by atoms with Crippen LogP contribution in [0.1, 0.15) is 38.2 Å². The summed E-state index contributed by atoms with van der Waals surface area (Å²) in [6.45, 7) is 3.36. The van der Waals surface area contributed by atoms with Crippen LogP contribution in [0.4, 0.5) is 0 Å². The van der Waals surface area contributed by atoms with Gasteiger partial charge in [-0.25, -0.2) is 0 Å². The minimum atomic E-state index is 0.743. The molecule has 0 bridgehead atoms. The second kappa shape index (κ2) is 8.54. The van der Waals surface area contributed by atoms with Crippen molar-refractivity contribution >= 4 is 11.6 Å². The van der Waals surface area contributed by atoms with Gasteiger partial charge in [-0.2, -0.15) is 0 Å². The molecule has 1 atom stereocenters. The van der Waals surface area contributed by atoms with Gasteiger partial charge in [-0.05, 0) is 50.0 Å². The van der Waals surface area contributed by atoms with Gasteiger partial charge < -0.3 is 5.32 Å². The van der Waals surface area contributed by atoms with E-state index in [2.05, 4.69) is 24.4 Å². The van der Waals surface area contributed by atoms with Crippen LogP contribution < -0.4 is 5.32 Å². The topological polar surface area (TPSA) is 12.0 Å². The van der Waals surface area contributed by atoms with Crippen molar-refractivity contribution in [3.05, 3.63) is 34.9 Å². The molecule has 1 N–H and O–H groups in total. The van der Waals surface area contributed by atoms with E-state index in [1.807, 2.05) is 19.2 Å². The average Bonchev–Trinajstić information content (AvgIpc) is 2.32. The molecule has 17 heavy (non-hydrogen) atoms. The highest BCUT2D eigenvalue weighted by molar-refractivity contribution is 6.30. The third kappa shape index (κ3) is 6.09. The van der Waals surface area contributed by atoms with E-state index in [-0.39, 0.29) is 0 Å². The van der Waals surface area contributed by atoms with Crippen LogP contribution >= 0.6 is 11.6 Å². The van der Waals surface area contributed by atoms with Crippen LogP contribution in [0.5, 0.6) is 0 Å². The first kappa shape index (κ1) is 14.5. The Hall–Kier alpha value is -0.530. The molecule has 0 aliphatic carbocycles. The van der Waals surface area contributed by atoms with Crippen molar-refractivity contribution in [2.24, 2.45) is 5.92 Å². The van der Waals surface area contributed by atoms with E-state index in [1.54, 1.807) is 0 Å². The van der Waals surface area contributed by atoms with Crippen LogP contribution in [0.3, 0.4) is 0 Å². The van der Waals surface area contributed by atoms with E-state index in [9.17, 15) is 0 Å². The molecule has 1 aromatic carbocycles. The number of halogens is 1. The summed E-state index contributed by atoms with van der Waals surface area (Å²) in [6.07, 6.45) is 6.46. The largest absolute Gasteiger partial charge is 0.319 e. The van der Waals surface area contributed by atoms with E-state index in [0.717, 1.165) is 23.9 Å². The molecule has 2 heteroatoms. The Bertz CT molecular complexity index is 294. The van der Waals surface area contributed by atoms with Crippen LogP contribution in [0.25, 0.3) is 0 Å². The molecule has 1 aromatic rings. The lowest BCUT2D eigenvalue weighted by molar-refractivity contribution is 0.438. The predicted molar refractivity (Wildman–Crippen MR) is 76.7 cm³/mol. The fourth-order valence-corrected chi connectivity index (χ4v) is 2.33. The standard InChI is InChI=1S/C15H24ClN/c1-3-4-5-6-14(12-17-2)11-13-7-9-15(16)10-8-13/h7-10,14,17H,3-6,11-12H2,1-2H3. The van der Waals surface area contributed by atoms with E-state index in [1.165, 1.54) is 31.2 Å². The Morgan fingerprint density at radius 2 is 1.88 bits per heavy atom. The van der Waals surface area contributed by atoms with Gasteiger partial charge in [0.2, 0.25) is 0 Å². The molecule has 0 heterocycles. The molecule has 0 saturated carbocycles. The third-order valence-corrected chi connectivity index (χ3v) is 3.40. The first-order valence-corrected chi connectivity index (χ1v) is 7.03. The first-order chi connectivity index (χ1) is 8.26. The lowest BCUT2D eigenvalue weighted by Gasteiger charge is -2.16. The zero-order valence-corrected chi connectivity index (χ0v) is 11.8. The van der Waals surface area contributed by atoms with Gasteiger partial charge in [0.25, 0.3) is 0 Å². The van der Waals surface area contributed by atoms with Gasteiger partial charge in [-0.15, -0.1) is 0 Å². The van der Waals surface area contributed by atoms with Crippen LogP contribution in [-0.4, -0.2) is 13.6 Å². The molecule has 0 fully saturated rings. The third-order valence-electron chi connectivity index (χ3n) is 3.15. The highest BCUT2D eigenvalue weighted by Gasteiger charge is 2.08. The maximum absolute atomic E-state index is 5.90. The maximum Gasteiger partial charge on any atom is 0.0406 e. The Kier molecular flexibility index (Phi) is 7.30. The quantitative estimate of drug-likeness (QED) is 0.682. The zero-order chi connectivity index (χ0) is 12.5. The van der Waals surface area contributed by atoms with E-state index < -0.39 is 0 Å². The Balaban J connectivity index is 2.44. The number of hydrogen-bond donors (Lipinski definition) is 1. The smallest absolute Gasteiger partial charge is 0.0406 e. The molecule has 0 saturated heterocycles. The van der Waals surface area contributed by atoms with Gasteiger partial charge in [0.15, 0.2) is 0 Å². The molecule has 1 nitrogen and oxygen atoms in total. The average molecular weight is 254 g/mol. The minimum Gasteiger partial charge on any atom is -0.319 e. The van der Waals surface area contributed by atoms with Crippen molar-refractivity contribution in [3.63, 3.8) is 0 Å². The number of nitrogens with one attached hydrogen (secondary N) is 1. The number of hydrogen-bond acceptors (Lipinski definition) is 1. The molecule has 0 aliphatic rings. The second-order valence-electron chi connectivity index (χ2n) is 4.75. The van der Waals surface area contributed by atoms with Gasteiger partial charge >= 0.3 is 0 Å². The maximum atomic E-state index is 5.90. The fourth-order valence-electron chi connectivity index (χ4n) is 2.20. The van der Waals surface area contributed by atoms with Gasteiger partial charge in [-0.1, -0.05) is 49.9 Å². The first-order valence-electron chi connectivity index (χ1n) is 6.65. The van der Waals surface area contributed by atoms with Gasteiger partial charge in [0.05, 0.1) is 0 Å². The van der Waals surface area contributed by atoms with Crippen molar-refractivity contribution in [2.45, 2.75) is 39.0 Å². The van der Waals surface area contributed by atoms with Crippen LogP contribution in [0.2, 0.25) is 5.02 Å². The van der Waals surface area contributed by atoms with Crippen molar-refractivity contribution < 1.29 is 0 Å². The molecule has 1 rings (SSSR count). The molecule has 0 aromatic heterocycles. The summed E-state index contributed by atoms with van der Waals surface area (Å²) in [5.41, 5.74) is 1.39. The van der Waals surface area contributed by atoms with Gasteiger partial charge in [0.1, 0.15) is 0 Å². The van der Waals surface area contributed by atoms with E-state index in [4.69, 9.17) is 11.6 Å². The van der Waals surface area contributed by atoms with Crippen LogP contribution in [0.15, 0.2) is 24.3 Å². The lowest BCUT2D eigenvalue weighted by Crippen LogP contribution is -2.20. The molecule has 96 valence electrons. The van der Waals surface area contributed by atoms with Crippen molar-refractivity contribution in [1.82, 2.24) is 5.32 Å². The number of benzene rings is 1. The van der Waals surface area contributed by atoms with Crippen LogP contribution in [-0.2, 0) is 6.42 Å². The molecule has 0 spiro atoms. The predicted octanol–water partition coefficient (Wildman–Crippen LogP) is 4.30. The van der Waals surface area contributed by atoms with Crippen LogP contribution in [0, 0.1) is 5.92 Å². The lowest BCUT2D eigenvalue weighted by atomic mass is 9.94. The van der Waals surface area contributed by atoms with Gasteiger partial charge in [-0.3, -0.25) is 0 Å². The Labute approximate surface area is 111 Å². The SMILES string of the molecule is CCCCCC(CNC)Cc1ccc(Cl)cc1. The summed E-state index contributed by atoms with van der Waals surface area (Å²) in [5, 5.41) is 4.12. The van der Waals surface area contributed by atoms with Crippen molar-refractivity contribution in [3.8, 4) is 0 Å². The highest BCUT2D eigenvalue weighted by atomic mass is 35.5. The summed E-state index contributed by atoms with van der Waals surface area (Å²) in [5.74, 6) is 0.743. The van der Waals surface area contributed by atoms with E-state index >= 15 is 0 Å². The molecule has 0 aliphatic heterocycles. The molecule has 1 unspecified atom stereocenters. The molecular formula is C15H24ClN. The normalized spacial score (nSPS) is 12.6. The Morgan fingerprint density at radius 3 is 2.47 bits per heavy atom. The Morgan fingerprint density at radius 1 is 1.18 bits per heavy atom. The molecular weight excluding hydrogens is 230 g/mol. The summed E-state index contributed by atoms with van der Waals surface area (Å²) < 4.78 is 0. The molecule has 0 radical (unpaired) electrons. The number of unbranched alkanes of at least 4 members (excludes halogenated alkanes) is 2. The fraction of sp³-hybridized carbons (Fsp3) is 0.600. The summed E-state index contributed by atoms with van der Waals surface area (Å²) in [7, 11) is 2.04. The molecule has 0 amide bonds. The second-order valence-corrected chi connectivity index (χ2v) is 5.19. The highest BCUT2D eigenvalue weighted by Crippen LogP contribution is 2.17. The number of rotatable bonds is 8. The van der Waals surface area contributed by atoms with Crippen molar-refractivity contribution in [1.29, 1.82) is 0 Å². The summed E-state index contributed by atoms with van der Waals surface area (Å²) in [4.78, 5) is 0. The van der Waals surface area contributed by atoms with Gasteiger partial charge in [0, 0.05) is 5.02 Å². The van der Waals surface area contributed by atoms with Crippen molar-refractivity contribution in [2.75, 3.05) is 13.6 Å². The monoisotopic (exact) mass is 253 g/mol. The summed E-state index contributed by atoms with van der Waals surface area (Å²) in [6, 6.07) is 8.26. The zero-order valence-electron chi connectivity index (χ0n) is 11.0. The van der Waals surface area contributed by atoms with E-state index in [0.29, 0.717) is 0 Å². The summed E-state index contributed by atoms with van der Waals surface area (Å²) >= 11 is 5.90. The minimum absolute atomic E-state index is 0.743.